The molecule has 0 heterocycles. The summed E-state index contributed by atoms with van der Waals surface area (Å²) in [5.41, 5.74) is 0.836. The molecule has 0 unspecified atom stereocenters. The van der Waals surface area contributed by atoms with Crippen molar-refractivity contribution in [1.29, 1.82) is 0 Å². The molecule has 0 aromatic heterocycles. The number of amides is 1. The highest BCUT2D eigenvalue weighted by Gasteiger charge is 2.24. The molecule has 120 valence electrons. The number of benzene rings is 2. The predicted octanol–water partition coefficient (Wildman–Crippen LogP) is 4.20. The Kier molecular flexibility index (Phi) is 5.64. The van der Waals surface area contributed by atoms with Crippen molar-refractivity contribution in [3.8, 4) is 0 Å². The van der Waals surface area contributed by atoms with Gasteiger partial charge in [0.25, 0.3) is 5.91 Å². The zero-order valence-electron chi connectivity index (χ0n) is 12.6. The largest absolute Gasteiger partial charge is 0.449 e. The fourth-order valence-corrected chi connectivity index (χ4v) is 2.37. The zero-order chi connectivity index (χ0) is 17.0. The molecule has 0 radical (unpaired) electrons. The number of anilines is 1. The van der Waals surface area contributed by atoms with Crippen LogP contribution in [-0.4, -0.2) is 25.0 Å². The smallest absolute Gasteiger partial charge is 0.340 e. The molecule has 0 aliphatic heterocycles. The lowest BCUT2D eigenvalue weighted by atomic mass is 10.2. The molecule has 2 rings (SSSR count). The molecule has 0 fully saturated rings. The van der Waals surface area contributed by atoms with E-state index in [-0.39, 0.29) is 21.5 Å². The second kappa shape index (κ2) is 7.49. The Bertz CT molecular complexity index is 719. The normalized spacial score (nSPS) is 11.7. The van der Waals surface area contributed by atoms with E-state index in [1.165, 1.54) is 17.9 Å². The zero-order valence-corrected chi connectivity index (χ0v) is 14.1. The summed E-state index contributed by atoms with van der Waals surface area (Å²) in [6, 6.07) is 13.7. The second-order valence-electron chi connectivity index (χ2n) is 4.88. The summed E-state index contributed by atoms with van der Waals surface area (Å²) < 4.78 is 5.20. The molecule has 0 saturated carbocycles. The molecule has 0 aliphatic carbocycles. The first-order valence-electron chi connectivity index (χ1n) is 6.89. The fraction of sp³-hybridized carbons (Fsp3) is 0.176. The number of rotatable bonds is 4. The van der Waals surface area contributed by atoms with Crippen LogP contribution in [0.3, 0.4) is 0 Å². The molecular weight excluding hydrogens is 337 g/mol. The lowest BCUT2D eigenvalue weighted by Gasteiger charge is -2.21. The highest BCUT2D eigenvalue weighted by atomic mass is 35.5. The van der Waals surface area contributed by atoms with E-state index in [1.54, 1.807) is 31.3 Å². The van der Waals surface area contributed by atoms with Crippen LogP contribution in [0.5, 0.6) is 0 Å². The number of hydrogen-bond acceptors (Lipinski definition) is 3. The summed E-state index contributed by atoms with van der Waals surface area (Å²) in [6.45, 7) is 1.51. The molecule has 0 saturated heterocycles. The summed E-state index contributed by atoms with van der Waals surface area (Å²) in [7, 11) is 1.62. The Morgan fingerprint density at radius 3 is 2.35 bits per heavy atom. The number of carbonyl (C=O) groups excluding carboxylic acids is 2. The molecule has 23 heavy (non-hydrogen) atoms. The molecular formula is C17H15Cl2NO3. The SMILES string of the molecule is C[C@@H](OC(=O)c1cccc(Cl)c1Cl)C(=O)N(C)c1ccccc1. The van der Waals surface area contributed by atoms with Gasteiger partial charge in [-0.3, -0.25) is 4.79 Å². The minimum absolute atomic E-state index is 0.107. The summed E-state index contributed by atoms with van der Waals surface area (Å²) in [4.78, 5) is 25.9. The van der Waals surface area contributed by atoms with Gasteiger partial charge < -0.3 is 9.64 Å². The Morgan fingerprint density at radius 1 is 1.04 bits per heavy atom. The number of halogens is 2. The lowest BCUT2D eigenvalue weighted by molar-refractivity contribution is -0.126. The third kappa shape index (κ3) is 4.03. The van der Waals surface area contributed by atoms with Crippen molar-refractivity contribution in [3.05, 3.63) is 64.1 Å². The molecule has 0 bridgehead atoms. The van der Waals surface area contributed by atoms with Gasteiger partial charge >= 0.3 is 5.97 Å². The average Bonchev–Trinajstić information content (AvgIpc) is 2.56. The van der Waals surface area contributed by atoms with E-state index >= 15 is 0 Å². The van der Waals surface area contributed by atoms with Gasteiger partial charge in [-0.2, -0.15) is 0 Å². The van der Waals surface area contributed by atoms with Gasteiger partial charge in [0, 0.05) is 12.7 Å². The fourth-order valence-electron chi connectivity index (χ4n) is 1.99. The van der Waals surface area contributed by atoms with Crippen LogP contribution in [0, 0.1) is 0 Å². The first-order valence-corrected chi connectivity index (χ1v) is 7.65. The maximum Gasteiger partial charge on any atom is 0.340 e. The van der Waals surface area contributed by atoms with Gasteiger partial charge in [-0.1, -0.05) is 47.5 Å². The van der Waals surface area contributed by atoms with Crippen LogP contribution in [-0.2, 0) is 9.53 Å². The highest BCUT2D eigenvalue weighted by molar-refractivity contribution is 6.43. The Morgan fingerprint density at radius 2 is 1.70 bits per heavy atom. The third-order valence-electron chi connectivity index (χ3n) is 3.28. The molecule has 0 spiro atoms. The van der Waals surface area contributed by atoms with Crippen molar-refractivity contribution in [3.63, 3.8) is 0 Å². The van der Waals surface area contributed by atoms with E-state index in [2.05, 4.69) is 0 Å². The van der Waals surface area contributed by atoms with E-state index in [9.17, 15) is 9.59 Å². The van der Waals surface area contributed by atoms with Gasteiger partial charge in [0.05, 0.1) is 15.6 Å². The first kappa shape index (κ1) is 17.3. The van der Waals surface area contributed by atoms with E-state index in [1.807, 2.05) is 18.2 Å². The molecule has 4 nitrogen and oxygen atoms in total. The third-order valence-corrected chi connectivity index (χ3v) is 4.10. The van der Waals surface area contributed by atoms with Crippen molar-refractivity contribution in [2.24, 2.45) is 0 Å². The minimum Gasteiger partial charge on any atom is -0.449 e. The van der Waals surface area contributed by atoms with Crippen molar-refractivity contribution < 1.29 is 14.3 Å². The minimum atomic E-state index is -0.956. The van der Waals surface area contributed by atoms with Crippen LogP contribution >= 0.6 is 23.2 Å². The van der Waals surface area contributed by atoms with E-state index < -0.39 is 12.1 Å². The van der Waals surface area contributed by atoms with Crippen molar-refractivity contribution in [1.82, 2.24) is 0 Å². The number of nitrogens with zero attached hydrogens (tertiary/aromatic N) is 1. The van der Waals surface area contributed by atoms with Gasteiger partial charge in [-0.05, 0) is 31.2 Å². The molecule has 2 aromatic rings. The van der Waals surface area contributed by atoms with Gasteiger partial charge in [0.15, 0.2) is 6.10 Å². The number of likely N-dealkylation sites (N-methyl/N-ethyl adjacent to an activating group) is 1. The molecule has 0 aliphatic rings. The molecule has 0 N–H and O–H groups in total. The maximum atomic E-state index is 12.4. The van der Waals surface area contributed by atoms with Gasteiger partial charge in [-0.15, -0.1) is 0 Å². The van der Waals surface area contributed by atoms with Gasteiger partial charge in [0.1, 0.15) is 0 Å². The Balaban J connectivity index is 2.09. The molecule has 2 aromatic carbocycles. The van der Waals surface area contributed by atoms with Crippen LogP contribution in [0.4, 0.5) is 5.69 Å². The summed E-state index contributed by atoms with van der Waals surface area (Å²) in [5.74, 6) is -1.04. The van der Waals surface area contributed by atoms with Gasteiger partial charge in [-0.25, -0.2) is 4.79 Å². The summed E-state index contributed by atoms with van der Waals surface area (Å²) in [6.07, 6.45) is -0.956. The van der Waals surface area contributed by atoms with Crippen LogP contribution in [0.25, 0.3) is 0 Å². The summed E-state index contributed by atoms with van der Waals surface area (Å²) in [5, 5.41) is 0.358. The van der Waals surface area contributed by atoms with Crippen molar-refractivity contribution in [2.45, 2.75) is 13.0 Å². The lowest BCUT2D eigenvalue weighted by Crippen LogP contribution is -2.37. The number of para-hydroxylation sites is 1. The monoisotopic (exact) mass is 351 g/mol. The quantitative estimate of drug-likeness (QED) is 0.775. The van der Waals surface area contributed by atoms with Gasteiger partial charge in [0.2, 0.25) is 0 Å². The van der Waals surface area contributed by atoms with Crippen LogP contribution < -0.4 is 4.90 Å². The average molecular weight is 352 g/mol. The number of carbonyl (C=O) groups is 2. The topological polar surface area (TPSA) is 46.6 Å². The van der Waals surface area contributed by atoms with Crippen molar-refractivity contribution in [2.75, 3.05) is 11.9 Å². The highest BCUT2D eigenvalue weighted by Crippen LogP contribution is 2.26. The van der Waals surface area contributed by atoms with Crippen molar-refractivity contribution >= 4 is 40.8 Å². The van der Waals surface area contributed by atoms with Crippen LogP contribution in [0.1, 0.15) is 17.3 Å². The molecule has 1 amide bonds. The number of esters is 1. The van der Waals surface area contributed by atoms with E-state index in [4.69, 9.17) is 27.9 Å². The van der Waals surface area contributed by atoms with Crippen LogP contribution in [0.15, 0.2) is 48.5 Å². The first-order chi connectivity index (χ1) is 10.9. The maximum absolute atomic E-state index is 12.4. The number of hydrogen-bond donors (Lipinski definition) is 0. The van der Waals surface area contributed by atoms with E-state index in [0.717, 1.165) is 0 Å². The standard InChI is InChI=1S/C17H15Cl2NO3/c1-11(16(21)20(2)12-7-4-3-5-8-12)23-17(22)13-9-6-10-14(18)15(13)19/h3-11H,1-2H3/t11-/m1/s1. The molecule has 1 atom stereocenters. The number of ether oxygens (including phenoxy) is 1. The van der Waals surface area contributed by atoms with E-state index in [0.29, 0.717) is 5.69 Å². The van der Waals surface area contributed by atoms with Crippen LogP contribution in [0.2, 0.25) is 10.0 Å². The summed E-state index contributed by atoms with van der Waals surface area (Å²) >= 11 is 11.9. The Labute approximate surface area is 144 Å². The Hall–Kier alpha value is -2.04. The molecule has 6 heteroatoms. The predicted molar refractivity (Wildman–Crippen MR) is 91.2 cm³/mol. The second-order valence-corrected chi connectivity index (χ2v) is 5.67.